The second-order valence-electron chi connectivity index (χ2n) is 4.32. The molecule has 0 aromatic heterocycles. The zero-order chi connectivity index (χ0) is 11.7. The lowest BCUT2D eigenvalue weighted by Crippen LogP contribution is -2.40. The van der Waals surface area contributed by atoms with Gasteiger partial charge in [-0.05, 0) is 34.1 Å². The number of nitrogens with zero attached hydrogens (tertiary/aromatic N) is 2. The molecule has 0 fully saturated rings. The van der Waals surface area contributed by atoms with E-state index in [9.17, 15) is 5.11 Å². The highest BCUT2D eigenvalue weighted by Crippen LogP contribution is 1.95. The first kappa shape index (κ1) is 14.8. The number of hydrogen-bond donors (Lipinski definition) is 2. The van der Waals surface area contributed by atoms with Crippen LogP contribution in [0.3, 0.4) is 0 Å². The third-order valence-electron chi connectivity index (χ3n) is 2.31. The van der Waals surface area contributed by atoms with Gasteiger partial charge in [-0.15, -0.1) is 0 Å². The van der Waals surface area contributed by atoms with E-state index in [4.69, 9.17) is 0 Å². The van der Waals surface area contributed by atoms with Crippen molar-refractivity contribution < 1.29 is 5.11 Å². The average molecular weight is 217 g/mol. The molecule has 92 valence electrons. The molecule has 0 heterocycles. The summed E-state index contributed by atoms with van der Waals surface area (Å²) in [7, 11) is 6.02. The van der Waals surface area contributed by atoms with Crippen LogP contribution in [-0.4, -0.2) is 74.9 Å². The highest BCUT2D eigenvalue weighted by Gasteiger charge is 2.10. The van der Waals surface area contributed by atoms with Crippen molar-refractivity contribution in [3.8, 4) is 0 Å². The molecule has 0 saturated heterocycles. The van der Waals surface area contributed by atoms with Crippen LogP contribution >= 0.6 is 0 Å². The van der Waals surface area contributed by atoms with E-state index >= 15 is 0 Å². The third kappa shape index (κ3) is 8.81. The van der Waals surface area contributed by atoms with E-state index in [1.165, 1.54) is 0 Å². The topological polar surface area (TPSA) is 38.7 Å². The highest BCUT2D eigenvalue weighted by atomic mass is 16.3. The zero-order valence-corrected chi connectivity index (χ0v) is 10.7. The number of hydrogen-bond acceptors (Lipinski definition) is 4. The lowest BCUT2D eigenvalue weighted by molar-refractivity contribution is 0.108. The van der Waals surface area contributed by atoms with Crippen LogP contribution in [0.2, 0.25) is 0 Å². The van der Waals surface area contributed by atoms with Crippen LogP contribution in [0.5, 0.6) is 0 Å². The minimum Gasteiger partial charge on any atom is -0.390 e. The third-order valence-corrected chi connectivity index (χ3v) is 2.31. The molecule has 0 aliphatic carbocycles. The summed E-state index contributed by atoms with van der Waals surface area (Å²) < 4.78 is 0. The Morgan fingerprint density at radius 2 is 1.87 bits per heavy atom. The molecule has 0 aromatic rings. The van der Waals surface area contributed by atoms with Crippen LogP contribution in [0, 0.1) is 0 Å². The van der Waals surface area contributed by atoms with E-state index in [1.54, 1.807) is 0 Å². The van der Waals surface area contributed by atoms with Gasteiger partial charge in [-0.1, -0.05) is 6.92 Å². The van der Waals surface area contributed by atoms with E-state index in [0.717, 1.165) is 32.6 Å². The van der Waals surface area contributed by atoms with E-state index in [-0.39, 0.29) is 6.10 Å². The van der Waals surface area contributed by atoms with Gasteiger partial charge in [0.1, 0.15) is 0 Å². The van der Waals surface area contributed by atoms with Crippen molar-refractivity contribution >= 4 is 0 Å². The van der Waals surface area contributed by atoms with Gasteiger partial charge in [-0.25, -0.2) is 0 Å². The van der Waals surface area contributed by atoms with Gasteiger partial charge in [-0.3, -0.25) is 4.90 Å². The largest absolute Gasteiger partial charge is 0.390 e. The second kappa shape index (κ2) is 9.09. The Morgan fingerprint density at radius 1 is 1.20 bits per heavy atom. The predicted octanol–water partition coefficient (Wildman–Crippen LogP) is -0.160. The zero-order valence-electron chi connectivity index (χ0n) is 10.7. The first-order valence-electron chi connectivity index (χ1n) is 5.79. The molecule has 0 spiro atoms. The average Bonchev–Trinajstić information content (AvgIpc) is 2.15. The summed E-state index contributed by atoms with van der Waals surface area (Å²) >= 11 is 0. The Labute approximate surface area is 94.3 Å². The summed E-state index contributed by atoms with van der Waals surface area (Å²) in [5.41, 5.74) is 0. The fraction of sp³-hybridized carbons (Fsp3) is 1.00. The van der Waals surface area contributed by atoms with Crippen LogP contribution in [0.25, 0.3) is 0 Å². The first-order valence-corrected chi connectivity index (χ1v) is 5.79. The summed E-state index contributed by atoms with van der Waals surface area (Å²) in [5.74, 6) is 0. The number of aliphatic hydroxyl groups excluding tert-OH is 1. The number of likely N-dealkylation sites (N-methyl/N-ethyl adjacent to an activating group) is 2. The van der Waals surface area contributed by atoms with Crippen LogP contribution in [0.1, 0.15) is 13.3 Å². The summed E-state index contributed by atoms with van der Waals surface area (Å²) in [4.78, 5) is 4.50. The van der Waals surface area contributed by atoms with Gasteiger partial charge in [0.15, 0.2) is 0 Å². The predicted molar refractivity (Wildman–Crippen MR) is 65.2 cm³/mol. The molecule has 0 rings (SSSR count). The number of nitrogens with one attached hydrogen (secondary N) is 1. The smallest absolute Gasteiger partial charge is 0.0791 e. The van der Waals surface area contributed by atoms with Crippen LogP contribution in [0.15, 0.2) is 0 Å². The highest BCUT2D eigenvalue weighted by molar-refractivity contribution is 4.66. The summed E-state index contributed by atoms with van der Waals surface area (Å²) in [5, 5.41) is 12.7. The van der Waals surface area contributed by atoms with Crippen molar-refractivity contribution in [2.24, 2.45) is 0 Å². The van der Waals surface area contributed by atoms with E-state index in [0.29, 0.717) is 6.54 Å². The lowest BCUT2D eigenvalue weighted by Gasteiger charge is -2.25. The van der Waals surface area contributed by atoms with Gasteiger partial charge in [0.2, 0.25) is 0 Å². The molecule has 0 aromatic carbocycles. The van der Waals surface area contributed by atoms with E-state index in [1.807, 2.05) is 7.05 Å². The van der Waals surface area contributed by atoms with Gasteiger partial charge >= 0.3 is 0 Å². The molecule has 2 N–H and O–H groups in total. The first-order chi connectivity index (χ1) is 7.10. The second-order valence-corrected chi connectivity index (χ2v) is 4.32. The summed E-state index contributed by atoms with van der Waals surface area (Å²) in [6.45, 7) is 6.75. The maximum Gasteiger partial charge on any atom is 0.0791 e. The van der Waals surface area contributed by atoms with Crippen LogP contribution in [-0.2, 0) is 0 Å². The molecule has 0 aliphatic heterocycles. The van der Waals surface area contributed by atoms with Gasteiger partial charge in [0, 0.05) is 26.2 Å². The molecule has 15 heavy (non-hydrogen) atoms. The monoisotopic (exact) mass is 217 g/mol. The SMILES string of the molecule is CCCN(CCN(C)C)CC(O)CNC. The molecule has 0 bridgehead atoms. The molecular weight excluding hydrogens is 190 g/mol. The van der Waals surface area contributed by atoms with Crippen molar-refractivity contribution in [1.82, 2.24) is 15.1 Å². The minimum atomic E-state index is -0.260. The summed E-state index contributed by atoms with van der Waals surface area (Å²) in [6, 6.07) is 0. The Balaban J connectivity index is 3.80. The van der Waals surface area contributed by atoms with Crippen LogP contribution < -0.4 is 5.32 Å². The lowest BCUT2D eigenvalue weighted by atomic mass is 10.3. The maximum absolute atomic E-state index is 9.69. The fourth-order valence-corrected chi connectivity index (χ4v) is 1.55. The Hall–Kier alpha value is -0.160. The molecule has 1 atom stereocenters. The van der Waals surface area contributed by atoms with Crippen molar-refractivity contribution in [2.75, 3.05) is 53.9 Å². The van der Waals surface area contributed by atoms with Gasteiger partial charge in [0.05, 0.1) is 6.10 Å². The van der Waals surface area contributed by atoms with Gasteiger partial charge < -0.3 is 15.3 Å². The van der Waals surface area contributed by atoms with Crippen molar-refractivity contribution in [1.29, 1.82) is 0 Å². The number of aliphatic hydroxyl groups is 1. The molecule has 4 heteroatoms. The Kier molecular flexibility index (Phi) is 9.00. The fourth-order valence-electron chi connectivity index (χ4n) is 1.55. The van der Waals surface area contributed by atoms with Gasteiger partial charge in [-0.2, -0.15) is 0 Å². The standard InChI is InChI=1S/C11H27N3O/c1-5-6-14(8-7-13(3)4)10-11(15)9-12-2/h11-12,15H,5-10H2,1-4H3. The molecule has 0 radical (unpaired) electrons. The Morgan fingerprint density at radius 3 is 2.33 bits per heavy atom. The van der Waals surface area contributed by atoms with E-state index in [2.05, 4.69) is 36.1 Å². The van der Waals surface area contributed by atoms with Crippen molar-refractivity contribution in [2.45, 2.75) is 19.4 Å². The van der Waals surface area contributed by atoms with Crippen molar-refractivity contribution in [3.63, 3.8) is 0 Å². The Bertz CT molecular complexity index is 142. The molecular formula is C11H27N3O. The molecule has 0 amide bonds. The normalized spacial score (nSPS) is 13.8. The molecule has 4 nitrogen and oxygen atoms in total. The van der Waals surface area contributed by atoms with Crippen LogP contribution in [0.4, 0.5) is 0 Å². The summed E-state index contributed by atoms with van der Waals surface area (Å²) in [6.07, 6.45) is 0.878. The number of rotatable bonds is 9. The maximum atomic E-state index is 9.69. The molecule has 0 aliphatic rings. The molecule has 0 saturated carbocycles. The quantitative estimate of drug-likeness (QED) is 0.563. The minimum absolute atomic E-state index is 0.260. The molecule has 1 unspecified atom stereocenters. The van der Waals surface area contributed by atoms with Gasteiger partial charge in [0.25, 0.3) is 0 Å². The van der Waals surface area contributed by atoms with Crippen molar-refractivity contribution in [3.05, 3.63) is 0 Å². The van der Waals surface area contributed by atoms with E-state index < -0.39 is 0 Å².